The Hall–Kier alpha value is -0.0200. The highest BCUT2D eigenvalue weighted by molar-refractivity contribution is 9.10. The van der Waals surface area contributed by atoms with Crippen LogP contribution in [0, 0.1) is 5.92 Å². The first-order chi connectivity index (χ1) is 9.15. The average Bonchev–Trinajstić information content (AvgIpc) is 2.46. The minimum absolute atomic E-state index is 0.704. The van der Waals surface area contributed by atoms with Crippen molar-refractivity contribution in [2.24, 2.45) is 5.92 Å². The molecule has 1 aromatic carbocycles. The molecule has 0 radical (unpaired) electrons. The van der Waals surface area contributed by atoms with Crippen molar-refractivity contribution >= 4 is 37.5 Å². The van der Waals surface area contributed by atoms with Gasteiger partial charge in [0.2, 0.25) is 0 Å². The Balaban J connectivity index is 2.11. The highest BCUT2D eigenvalue weighted by Crippen LogP contribution is 2.34. The van der Waals surface area contributed by atoms with E-state index in [1.807, 2.05) is 0 Å². The van der Waals surface area contributed by atoms with Crippen LogP contribution in [0.5, 0.6) is 0 Å². The van der Waals surface area contributed by atoms with Gasteiger partial charge in [0.05, 0.1) is 0 Å². The molecule has 0 N–H and O–H groups in total. The fraction of sp³-hybridized carbons (Fsp3) is 0.625. The maximum absolute atomic E-state index is 3.60. The molecule has 0 saturated heterocycles. The second-order valence-corrected chi connectivity index (χ2v) is 7.08. The van der Waals surface area contributed by atoms with Crippen molar-refractivity contribution in [2.75, 3.05) is 11.9 Å². The Morgan fingerprint density at radius 1 is 1.21 bits per heavy atom. The quantitative estimate of drug-likeness (QED) is 0.593. The Morgan fingerprint density at radius 3 is 2.47 bits per heavy atom. The van der Waals surface area contributed by atoms with Crippen LogP contribution < -0.4 is 4.90 Å². The summed E-state index contributed by atoms with van der Waals surface area (Å²) in [5, 5.41) is 0.921. The SMILES string of the molecule is CCC1CCC(N(C)c2cc(Br)ccc2CBr)CC1. The first-order valence-electron chi connectivity index (χ1n) is 7.23. The lowest BCUT2D eigenvalue weighted by Crippen LogP contribution is -2.35. The molecule has 0 aliphatic heterocycles. The van der Waals surface area contributed by atoms with Crippen LogP contribution in [0.25, 0.3) is 0 Å². The largest absolute Gasteiger partial charge is 0.371 e. The summed E-state index contributed by atoms with van der Waals surface area (Å²) < 4.78 is 1.17. The van der Waals surface area contributed by atoms with Gasteiger partial charge in [-0.2, -0.15) is 0 Å². The Bertz CT molecular complexity index is 411. The molecule has 0 unspecified atom stereocenters. The molecule has 3 heteroatoms. The fourth-order valence-corrected chi connectivity index (χ4v) is 3.94. The van der Waals surface area contributed by atoms with Crippen LogP contribution in [0.2, 0.25) is 0 Å². The minimum atomic E-state index is 0.704. The molecule has 0 spiro atoms. The maximum atomic E-state index is 3.60. The molecule has 1 nitrogen and oxygen atoms in total. The molecule has 1 saturated carbocycles. The van der Waals surface area contributed by atoms with Crippen LogP contribution in [0.3, 0.4) is 0 Å². The lowest BCUT2D eigenvalue weighted by molar-refractivity contribution is 0.313. The topological polar surface area (TPSA) is 3.24 Å². The third-order valence-corrected chi connectivity index (χ3v) is 5.61. The molecule has 1 aliphatic carbocycles. The smallest absolute Gasteiger partial charge is 0.0418 e. The lowest BCUT2D eigenvalue weighted by Gasteiger charge is -2.36. The van der Waals surface area contributed by atoms with Crippen molar-refractivity contribution in [1.82, 2.24) is 0 Å². The van der Waals surface area contributed by atoms with Gasteiger partial charge in [0.15, 0.2) is 0 Å². The summed E-state index contributed by atoms with van der Waals surface area (Å²) in [5.41, 5.74) is 2.74. The van der Waals surface area contributed by atoms with Gasteiger partial charge in [0.25, 0.3) is 0 Å². The van der Waals surface area contributed by atoms with Crippen molar-refractivity contribution in [3.05, 3.63) is 28.2 Å². The molecule has 0 aromatic heterocycles. The Kier molecular flexibility index (Phi) is 5.76. The molecule has 0 atom stereocenters. The zero-order valence-corrected chi connectivity index (χ0v) is 15.0. The third kappa shape index (κ3) is 3.75. The summed E-state index contributed by atoms with van der Waals surface area (Å²) in [6, 6.07) is 7.29. The third-order valence-electron chi connectivity index (χ3n) is 4.51. The maximum Gasteiger partial charge on any atom is 0.0418 e. The number of alkyl halides is 1. The summed E-state index contributed by atoms with van der Waals surface area (Å²) >= 11 is 7.20. The van der Waals surface area contributed by atoms with Crippen molar-refractivity contribution in [3.63, 3.8) is 0 Å². The van der Waals surface area contributed by atoms with Crippen LogP contribution in [-0.4, -0.2) is 13.1 Å². The van der Waals surface area contributed by atoms with Gasteiger partial charge in [-0.25, -0.2) is 0 Å². The highest BCUT2D eigenvalue weighted by Gasteiger charge is 2.24. The molecule has 1 aliphatic rings. The predicted molar refractivity (Wildman–Crippen MR) is 91.2 cm³/mol. The molecule has 106 valence electrons. The van der Waals surface area contributed by atoms with E-state index >= 15 is 0 Å². The summed E-state index contributed by atoms with van der Waals surface area (Å²) in [7, 11) is 2.25. The second kappa shape index (κ2) is 7.12. The van der Waals surface area contributed by atoms with Crippen molar-refractivity contribution in [1.29, 1.82) is 0 Å². The van der Waals surface area contributed by atoms with Gasteiger partial charge >= 0.3 is 0 Å². The van der Waals surface area contributed by atoms with Crippen molar-refractivity contribution in [3.8, 4) is 0 Å². The average molecular weight is 389 g/mol. The van der Waals surface area contributed by atoms with Gasteiger partial charge in [0, 0.05) is 28.6 Å². The molecule has 1 aromatic rings. The number of halogens is 2. The van der Waals surface area contributed by atoms with Gasteiger partial charge in [-0.1, -0.05) is 51.3 Å². The van der Waals surface area contributed by atoms with Gasteiger partial charge in [-0.3, -0.25) is 0 Å². The van der Waals surface area contributed by atoms with E-state index in [9.17, 15) is 0 Å². The van der Waals surface area contributed by atoms with E-state index in [1.54, 1.807) is 0 Å². The van der Waals surface area contributed by atoms with Gasteiger partial charge in [-0.05, 0) is 49.3 Å². The molecule has 19 heavy (non-hydrogen) atoms. The summed E-state index contributed by atoms with van der Waals surface area (Å²) in [4.78, 5) is 2.49. The van der Waals surface area contributed by atoms with Crippen LogP contribution in [0.15, 0.2) is 22.7 Å². The van der Waals surface area contributed by atoms with Gasteiger partial charge in [0.1, 0.15) is 0 Å². The monoisotopic (exact) mass is 387 g/mol. The van der Waals surface area contributed by atoms with E-state index in [4.69, 9.17) is 0 Å². The molecular formula is C16H23Br2N. The number of nitrogens with zero attached hydrogens (tertiary/aromatic N) is 1. The molecule has 0 amide bonds. The summed E-state index contributed by atoms with van der Waals surface area (Å²) in [5.74, 6) is 0.961. The van der Waals surface area contributed by atoms with E-state index in [0.29, 0.717) is 6.04 Å². The Labute approximate surface area is 134 Å². The van der Waals surface area contributed by atoms with E-state index < -0.39 is 0 Å². The molecule has 0 heterocycles. The van der Waals surface area contributed by atoms with Crippen LogP contribution in [0.1, 0.15) is 44.6 Å². The fourth-order valence-electron chi connectivity index (χ4n) is 3.12. The normalized spacial score (nSPS) is 23.4. The van der Waals surface area contributed by atoms with Crippen LogP contribution in [0.4, 0.5) is 5.69 Å². The number of hydrogen-bond acceptors (Lipinski definition) is 1. The minimum Gasteiger partial charge on any atom is -0.371 e. The predicted octanol–water partition coefficient (Wildman–Crippen LogP) is 5.75. The van der Waals surface area contributed by atoms with Crippen LogP contribution >= 0.6 is 31.9 Å². The van der Waals surface area contributed by atoms with E-state index in [2.05, 4.69) is 68.9 Å². The highest BCUT2D eigenvalue weighted by atomic mass is 79.9. The second-order valence-electron chi connectivity index (χ2n) is 5.60. The molecule has 1 fully saturated rings. The first kappa shape index (κ1) is 15.4. The molecular weight excluding hydrogens is 366 g/mol. The Morgan fingerprint density at radius 2 is 1.89 bits per heavy atom. The van der Waals surface area contributed by atoms with Gasteiger partial charge in [-0.15, -0.1) is 0 Å². The van der Waals surface area contributed by atoms with E-state index in [1.165, 1.54) is 47.8 Å². The molecule has 0 bridgehead atoms. The van der Waals surface area contributed by atoms with Crippen molar-refractivity contribution < 1.29 is 0 Å². The van der Waals surface area contributed by atoms with Crippen molar-refractivity contribution in [2.45, 2.75) is 50.4 Å². The first-order valence-corrected chi connectivity index (χ1v) is 9.14. The van der Waals surface area contributed by atoms with Crippen LogP contribution in [-0.2, 0) is 5.33 Å². The molecule has 2 rings (SSSR count). The number of benzene rings is 1. The lowest BCUT2D eigenvalue weighted by atomic mass is 9.84. The number of rotatable bonds is 4. The number of hydrogen-bond donors (Lipinski definition) is 0. The zero-order valence-electron chi connectivity index (χ0n) is 11.8. The van der Waals surface area contributed by atoms with E-state index in [-0.39, 0.29) is 0 Å². The number of anilines is 1. The standard InChI is InChI=1S/C16H23Br2N/c1-3-12-4-8-15(9-5-12)19(2)16-10-14(18)7-6-13(16)11-17/h6-7,10,12,15H,3-5,8-9,11H2,1-2H3. The van der Waals surface area contributed by atoms with Gasteiger partial charge < -0.3 is 4.90 Å². The summed E-state index contributed by atoms with van der Waals surface area (Å²) in [6.45, 7) is 2.33. The zero-order chi connectivity index (χ0) is 13.8. The summed E-state index contributed by atoms with van der Waals surface area (Å²) in [6.07, 6.45) is 6.80. The van der Waals surface area contributed by atoms with E-state index in [0.717, 1.165) is 11.2 Å².